The monoisotopic (exact) mass is 247 g/mol. The Labute approximate surface area is 105 Å². The summed E-state index contributed by atoms with van der Waals surface area (Å²) >= 11 is 0. The van der Waals surface area contributed by atoms with Crippen molar-refractivity contribution >= 4 is 5.91 Å². The van der Waals surface area contributed by atoms with E-state index in [0.717, 1.165) is 0 Å². The Kier molecular flexibility index (Phi) is 3.75. The predicted molar refractivity (Wildman–Crippen MR) is 62.0 cm³/mol. The maximum Gasteiger partial charge on any atom is 0.257 e. The predicted octanol–water partition coefficient (Wildman–Crippen LogP) is 0.455. The minimum absolute atomic E-state index is 0.169. The highest BCUT2D eigenvalue weighted by Crippen LogP contribution is 2.19. The fourth-order valence-corrected chi connectivity index (χ4v) is 1.80. The van der Waals surface area contributed by atoms with Gasteiger partial charge in [-0.1, -0.05) is 0 Å². The van der Waals surface area contributed by atoms with Gasteiger partial charge in [-0.05, 0) is 6.07 Å². The second-order valence-corrected chi connectivity index (χ2v) is 3.82. The van der Waals surface area contributed by atoms with E-state index in [9.17, 15) is 4.79 Å². The highest BCUT2D eigenvalue weighted by Gasteiger charge is 2.26. The number of amides is 1. The number of pyridine rings is 1. The van der Waals surface area contributed by atoms with Gasteiger partial charge >= 0.3 is 0 Å². The van der Waals surface area contributed by atoms with Gasteiger partial charge in [0.25, 0.3) is 5.91 Å². The Morgan fingerprint density at radius 2 is 2.56 bits per heavy atom. The lowest BCUT2D eigenvalue weighted by molar-refractivity contribution is 0.00333. The van der Waals surface area contributed by atoms with E-state index in [1.165, 1.54) is 19.5 Å². The van der Waals surface area contributed by atoms with Crippen molar-refractivity contribution in [2.24, 2.45) is 0 Å². The summed E-state index contributed by atoms with van der Waals surface area (Å²) in [7, 11) is 1.49. The lowest BCUT2D eigenvalue weighted by Gasteiger charge is -2.30. The first-order valence-corrected chi connectivity index (χ1v) is 5.54. The zero-order valence-corrected chi connectivity index (χ0v) is 10.00. The summed E-state index contributed by atoms with van der Waals surface area (Å²) in [5.74, 6) is 0.264. The number of methoxy groups -OCH3 is 1. The third kappa shape index (κ3) is 2.41. The summed E-state index contributed by atoms with van der Waals surface area (Å²) in [4.78, 5) is 17.8. The zero-order valence-electron chi connectivity index (χ0n) is 10.00. The molecule has 0 bridgehead atoms. The summed E-state index contributed by atoms with van der Waals surface area (Å²) in [6.07, 6.45) is 2.48. The Morgan fingerprint density at radius 1 is 1.72 bits per heavy atom. The first kappa shape index (κ1) is 12.3. The van der Waals surface area contributed by atoms with Crippen LogP contribution in [0.3, 0.4) is 0 Å². The van der Waals surface area contributed by atoms with E-state index in [1.54, 1.807) is 11.0 Å². The molecule has 1 aromatic heterocycles. The number of ether oxygens (including phenoxy) is 2. The van der Waals surface area contributed by atoms with Gasteiger partial charge in [0.2, 0.25) is 0 Å². The standard InChI is InChI=1S/C12H13N3O3/c1-17-11-7-14-3-2-10(11)12(16)15-4-5-18-9(6-13)8-15/h2-3,7,9H,4-5,8H2,1H3. The van der Waals surface area contributed by atoms with Gasteiger partial charge in [0, 0.05) is 12.7 Å². The molecule has 1 unspecified atom stereocenters. The average molecular weight is 247 g/mol. The van der Waals surface area contributed by atoms with E-state index >= 15 is 0 Å². The molecule has 1 fully saturated rings. The number of hydrogen-bond acceptors (Lipinski definition) is 5. The molecule has 18 heavy (non-hydrogen) atoms. The van der Waals surface area contributed by atoms with Gasteiger partial charge in [0.05, 0.1) is 38.1 Å². The average Bonchev–Trinajstić information content (AvgIpc) is 2.46. The molecular formula is C12H13N3O3. The maximum atomic E-state index is 12.3. The molecule has 2 rings (SSSR count). The van der Waals surface area contributed by atoms with Crippen LogP contribution in [0.5, 0.6) is 5.75 Å². The van der Waals surface area contributed by atoms with Crippen LogP contribution in [0.1, 0.15) is 10.4 Å². The third-order valence-electron chi connectivity index (χ3n) is 2.73. The molecule has 1 aromatic rings. The molecule has 0 aliphatic carbocycles. The Morgan fingerprint density at radius 3 is 3.28 bits per heavy atom. The Balaban J connectivity index is 2.18. The largest absolute Gasteiger partial charge is 0.494 e. The molecule has 1 atom stereocenters. The lowest BCUT2D eigenvalue weighted by atomic mass is 10.2. The quantitative estimate of drug-likeness (QED) is 0.758. The summed E-state index contributed by atoms with van der Waals surface area (Å²) in [5, 5.41) is 8.81. The van der Waals surface area contributed by atoms with Gasteiger partial charge in [-0.15, -0.1) is 0 Å². The molecule has 6 heteroatoms. The molecule has 0 radical (unpaired) electrons. The van der Waals surface area contributed by atoms with E-state index in [0.29, 0.717) is 24.5 Å². The molecule has 1 aliphatic rings. The van der Waals surface area contributed by atoms with Crippen LogP contribution >= 0.6 is 0 Å². The summed E-state index contributed by atoms with van der Waals surface area (Å²) in [6, 6.07) is 3.62. The van der Waals surface area contributed by atoms with Crippen molar-refractivity contribution in [3.63, 3.8) is 0 Å². The number of carbonyl (C=O) groups excluding carboxylic acids is 1. The second-order valence-electron chi connectivity index (χ2n) is 3.82. The molecule has 1 aliphatic heterocycles. The van der Waals surface area contributed by atoms with Crippen molar-refractivity contribution in [1.29, 1.82) is 5.26 Å². The van der Waals surface area contributed by atoms with Crippen molar-refractivity contribution < 1.29 is 14.3 Å². The van der Waals surface area contributed by atoms with Crippen molar-refractivity contribution in [2.45, 2.75) is 6.10 Å². The molecular weight excluding hydrogens is 234 g/mol. The van der Waals surface area contributed by atoms with Crippen LogP contribution in [-0.4, -0.2) is 48.7 Å². The van der Waals surface area contributed by atoms with E-state index in [-0.39, 0.29) is 12.5 Å². The fraction of sp³-hybridized carbons (Fsp3) is 0.417. The van der Waals surface area contributed by atoms with Crippen LogP contribution in [0.4, 0.5) is 0 Å². The van der Waals surface area contributed by atoms with Crippen molar-refractivity contribution in [1.82, 2.24) is 9.88 Å². The minimum atomic E-state index is -0.560. The van der Waals surface area contributed by atoms with Gasteiger partial charge < -0.3 is 14.4 Å². The van der Waals surface area contributed by atoms with Crippen LogP contribution in [0.25, 0.3) is 0 Å². The lowest BCUT2D eigenvalue weighted by Crippen LogP contribution is -2.45. The van der Waals surface area contributed by atoms with Crippen LogP contribution < -0.4 is 4.74 Å². The number of rotatable bonds is 2. The molecule has 6 nitrogen and oxygen atoms in total. The molecule has 94 valence electrons. The van der Waals surface area contributed by atoms with Crippen LogP contribution in [0.15, 0.2) is 18.5 Å². The first-order valence-electron chi connectivity index (χ1n) is 5.54. The number of carbonyl (C=O) groups is 1. The van der Waals surface area contributed by atoms with Crippen LogP contribution in [0, 0.1) is 11.3 Å². The van der Waals surface area contributed by atoms with E-state index in [1.807, 2.05) is 6.07 Å². The maximum absolute atomic E-state index is 12.3. The second kappa shape index (κ2) is 5.47. The van der Waals surface area contributed by atoms with Crippen molar-refractivity contribution in [2.75, 3.05) is 26.8 Å². The zero-order chi connectivity index (χ0) is 13.0. The smallest absolute Gasteiger partial charge is 0.257 e. The Bertz CT molecular complexity index is 484. The van der Waals surface area contributed by atoms with Gasteiger partial charge in [0.1, 0.15) is 5.75 Å². The molecule has 1 amide bonds. The van der Waals surface area contributed by atoms with E-state index in [2.05, 4.69) is 4.98 Å². The van der Waals surface area contributed by atoms with E-state index in [4.69, 9.17) is 14.7 Å². The van der Waals surface area contributed by atoms with Crippen molar-refractivity contribution in [3.05, 3.63) is 24.0 Å². The minimum Gasteiger partial charge on any atom is -0.494 e. The number of hydrogen-bond donors (Lipinski definition) is 0. The van der Waals surface area contributed by atoms with Crippen LogP contribution in [-0.2, 0) is 4.74 Å². The number of aromatic nitrogens is 1. The number of morpholine rings is 1. The molecule has 0 N–H and O–H groups in total. The van der Waals surface area contributed by atoms with Gasteiger partial charge in [0.15, 0.2) is 6.10 Å². The normalized spacial score (nSPS) is 19.1. The summed E-state index contributed by atoms with van der Waals surface area (Å²) < 4.78 is 10.3. The first-order chi connectivity index (χ1) is 8.76. The highest BCUT2D eigenvalue weighted by atomic mass is 16.5. The Hall–Kier alpha value is -2.13. The molecule has 2 heterocycles. The van der Waals surface area contributed by atoms with Gasteiger partial charge in [-0.25, -0.2) is 0 Å². The summed E-state index contributed by atoms with van der Waals surface area (Å²) in [5.41, 5.74) is 0.450. The van der Waals surface area contributed by atoms with Crippen molar-refractivity contribution in [3.8, 4) is 11.8 Å². The molecule has 0 saturated carbocycles. The van der Waals surface area contributed by atoms with E-state index < -0.39 is 6.10 Å². The highest BCUT2D eigenvalue weighted by molar-refractivity contribution is 5.96. The molecule has 0 spiro atoms. The molecule has 1 saturated heterocycles. The topological polar surface area (TPSA) is 75.4 Å². The van der Waals surface area contributed by atoms with Crippen LogP contribution in [0.2, 0.25) is 0 Å². The third-order valence-corrected chi connectivity index (χ3v) is 2.73. The number of nitriles is 1. The SMILES string of the molecule is COc1cnccc1C(=O)N1CCOC(C#N)C1. The van der Waals surface area contributed by atoms with Gasteiger partial charge in [-0.3, -0.25) is 9.78 Å². The molecule has 0 aromatic carbocycles. The fourth-order valence-electron chi connectivity index (χ4n) is 1.80. The van der Waals surface area contributed by atoms with Gasteiger partial charge in [-0.2, -0.15) is 5.26 Å². The number of nitrogens with zero attached hydrogens (tertiary/aromatic N) is 3. The summed E-state index contributed by atoms with van der Waals surface area (Å²) in [6.45, 7) is 1.13.